The minimum Gasteiger partial charge on any atom is -0.504 e. The maximum Gasteiger partial charge on any atom is 0.158 e. The van der Waals surface area contributed by atoms with E-state index in [1.807, 2.05) is 0 Å². The second kappa shape index (κ2) is 5.61. The lowest BCUT2D eigenvalue weighted by Crippen LogP contribution is -1.90. The smallest absolute Gasteiger partial charge is 0.158 e. The average Bonchev–Trinajstić information content (AvgIpc) is 2.44. The first-order chi connectivity index (χ1) is 9.95. The Morgan fingerprint density at radius 3 is 2.09 bits per heavy atom. The second-order valence-corrected chi connectivity index (χ2v) is 4.86. The summed E-state index contributed by atoms with van der Waals surface area (Å²) in [5.41, 5.74) is 1.92. The molecule has 5 nitrogen and oxygen atoms in total. The van der Waals surface area contributed by atoms with Crippen molar-refractivity contribution in [2.45, 2.75) is 6.92 Å². The van der Waals surface area contributed by atoms with Gasteiger partial charge in [-0.05, 0) is 48.7 Å². The SMILES string of the molecule is Cc1nc(-c2ccc(O)c(O)c2)cc2cc(O)c(O)cc12.Cl. The van der Waals surface area contributed by atoms with E-state index in [1.54, 1.807) is 19.1 Å². The Morgan fingerprint density at radius 1 is 0.773 bits per heavy atom. The molecule has 0 atom stereocenters. The molecule has 1 heterocycles. The Kier molecular flexibility index (Phi) is 4.01. The Morgan fingerprint density at radius 2 is 1.41 bits per heavy atom. The molecule has 4 N–H and O–H groups in total. The number of phenolic OH excluding ortho intramolecular Hbond substituents is 4. The quantitative estimate of drug-likeness (QED) is 0.515. The summed E-state index contributed by atoms with van der Waals surface area (Å²) >= 11 is 0. The molecule has 0 saturated heterocycles. The number of fused-ring (bicyclic) bond motifs is 1. The van der Waals surface area contributed by atoms with Crippen LogP contribution in [0.4, 0.5) is 0 Å². The van der Waals surface area contributed by atoms with Crippen LogP contribution in [0.15, 0.2) is 36.4 Å². The number of hydrogen-bond donors (Lipinski definition) is 4. The fourth-order valence-corrected chi connectivity index (χ4v) is 2.28. The molecule has 3 aromatic rings. The lowest BCUT2D eigenvalue weighted by atomic mass is 10.0. The van der Waals surface area contributed by atoms with Crippen molar-refractivity contribution in [2.24, 2.45) is 0 Å². The Balaban J connectivity index is 0.00000176. The van der Waals surface area contributed by atoms with E-state index in [4.69, 9.17) is 0 Å². The maximum absolute atomic E-state index is 9.61. The first kappa shape index (κ1) is 15.7. The third kappa shape index (κ3) is 2.58. The maximum atomic E-state index is 9.61. The highest BCUT2D eigenvalue weighted by Gasteiger charge is 2.10. The number of rotatable bonds is 1. The topological polar surface area (TPSA) is 93.8 Å². The zero-order valence-electron chi connectivity index (χ0n) is 11.6. The molecule has 0 unspecified atom stereocenters. The molecular weight excluding hydrogens is 306 g/mol. The van der Waals surface area contributed by atoms with E-state index in [-0.39, 0.29) is 35.4 Å². The van der Waals surface area contributed by atoms with Gasteiger partial charge in [0.25, 0.3) is 0 Å². The molecule has 0 aliphatic carbocycles. The lowest BCUT2D eigenvalue weighted by molar-refractivity contribution is 0.404. The zero-order chi connectivity index (χ0) is 15.1. The van der Waals surface area contributed by atoms with Crippen molar-refractivity contribution in [1.29, 1.82) is 0 Å². The first-order valence-corrected chi connectivity index (χ1v) is 6.31. The van der Waals surface area contributed by atoms with Crippen LogP contribution in [0.1, 0.15) is 5.69 Å². The number of phenols is 4. The number of hydrogen-bond acceptors (Lipinski definition) is 5. The highest BCUT2D eigenvalue weighted by atomic mass is 35.5. The molecule has 2 aromatic carbocycles. The van der Waals surface area contributed by atoms with Gasteiger partial charge in [-0.15, -0.1) is 12.4 Å². The molecule has 3 rings (SSSR count). The molecule has 0 bridgehead atoms. The van der Waals surface area contributed by atoms with Crippen LogP contribution in [0.2, 0.25) is 0 Å². The second-order valence-electron chi connectivity index (χ2n) is 4.86. The molecule has 6 heteroatoms. The van der Waals surface area contributed by atoms with Crippen LogP contribution in [0.3, 0.4) is 0 Å². The predicted octanol–water partition coefficient (Wildman–Crippen LogP) is 3.45. The number of aromatic hydroxyl groups is 4. The summed E-state index contributed by atoms with van der Waals surface area (Å²) in [6, 6.07) is 9.12. The third-order valence-corrected chi connectivity index (χ3v) is 3.39. The van der Waals surface area contributed by atoms with Crippen molar-refractivity contribution in [3.05, 3.63) is 42.1 Å². The molecule has 0 fully saturated rings. The van der Waals surface area contributed by atoms with Gasteiger partial charge < -0.3 is 20.4 Å². The van der Waals surface area contributed by atoms with Gasteiger partial charge >= 0.3 is 0 Å². The van der Waals surface area contributed by atoms with E-state index in [0.29, 0.717) is 17.0 Å². The molecule has 0 saturated carbocycles. The monoisotopic (exact) mass is 319 g/mol. The molecule has 0 aliphatic heterocycles. The van der Waals surface area contributed by atoms with Crippen molar-refractivity contribution in [1.82, 2.24) is 4.98 Å². The minimum atomic E-state index is -0.222. The molecule has 0 spiro atoms. The summed E-state index contributed by atoms with van der Waals surface area (Å²) in [7, 11) is 0. The summed E-state index contributed by atoms with van der Waals surface area (Å²) in [5, 5.41) is 39.5. The van der Waals surface area contributed by atoms with Gasteiger partial charge in [0, 0.05) is 16.6 Å². The van der Waals surface area contributed by atoms with Crippen LogP contribution in [-0.2, 0) is 0 Å². The van der Waals surface area contributed by atoms with Gasteiger partial charge in [0.1, 0.15) is 0 Å². The summed E-state index contributed by atoms with van der Waals surface area (Å²) < 4.78 is 0. The predicted molar refractivity (Wildman–Crippen MR) is 85.8 cm³/mol. The van der Waals surface area contributed by atoms with E-state index in [9.17, 15) is 20.4 Å². The number of nitrogens with zero attached hydrogens (tertiary/aromatic N) is 1. The van der Waals surface area contributed by atoms with Crippen LogP contribution in [0.5, 0.6) is 23.0 Å². The van der Waals surface area contributed by atoms with Crippen LogP contribution in [-0.4, -0.2) is 25.4 Å². The van der Waals surface area contributed by atoms with Gasteiger partial charge in [-0.2, -0.15) is 0 Å². The third-order valence-electron chi connectivity index (χ3n) is 3.39. The van der Waals surface area contributed by atoms with Crippen molar-refractivity contribution in [3.63, 3.8) is 0 Å². The Bertz CT molecular complexity index is 864. The summed E-state index contributed by atoms with van der Waals surface area (Å²) in [5.74, 6) is -0.811. The van der Waals surface area contributed by atoms with Crippen molar-refractivity contribution >= 4 is 23.2 Å². The number of halogens is 1. The molecular formula is C16H14ClNO4. The molecule has 0 radical (unpaired) electrons. The fraction of sp³-hybridized carbons (Fsp3) is 0.0625. The van der Waals surface area contributed by atoms with E-state index < -0.39 is 0 Å². The lowest BCUT2D eigenvalue weighted by Gasteiger charge is -2.09. The van der Waals surface area contributed by atoms with Crippen molar-refractivity contribution < 1.29 is 20.4 Å². The van der Waals surface area contributed by atoms with E-state index in [2.05, 4.69) is 4.98 Å². The van der Waals surface area contributed by atoms with Gasteiger partial charge in [0.05, 0.1) is 5.69 Å². The Hall–Kier alpha value is -2.66. The summed E-state index contributed by atoms with van der Waals surface area (Å²) in [4.78, 5) is 4.43. The van der Waals surface area contributed by atoms with Crippen LogP contribution < -0.4 is 0 Å². The van der Waals surface area contributed by atoms with Gasteiger partial charge in [0.15, 0.2) is 23.0 Å². The molecule has 1 aromatic heterocycles. The van der Waals surface area contributed by atoms with E-state index >= 15 is 0 Å². The average molecular weight is 320 g/mol. The minimum absolute atomic E-state index is 0. The van der Waals surface area contributed by atoms with Gasteiger partial charge in [0.2, 0.25) is 0 Å². The molecule has 0 aliphatic rings. The normalized spacial score (nSPS) is 10.4. The number of aryl methyl sites for hydroxylation is 1. The number of benzene rings is 2. The van der Waals surface area contributed by atoms with Gasteiger partial charge in [-0.25, -0.2) is 0 Å². The fourth-order valence-electron chi connectivity index (χ4n) is 2.28. The van der Waals surface area contributed by atoms with Crippen molar-refractivity contribution in [3.8, 4) is 34.3 Å². The largest absolute Gasteiger partial charge is 0.504 e. The molecule has 0 amide bonds. The van der Waals surface area contributed by atoms with Gasteiger partial charge in [-0.1, -0.05) is 0 Å². The summed E-state index contributed by atoms with van der Waals surface area (Å²) in [6.45, 7) is 1.79. The standard InChI is InChI=1S/C16H13NO4.ClH/c1-8-11-7-16(21)15(20)6-10(11)4-12(17-8)9-2-3-13(18)14(19)5-9;/h2-7,18-21H,1H3;1H. The van der Waals surface area contributed by atoms with Crippen LogP contribution in [0.25, 0.3) is 22.0 Å². The van der Waals surface area contributed by atoms with E-state index in [0.717, 1.165) is 10.8 Å². The van der Waals surface area contributed by atoms with Gasteiger partial charge in [-0.3, -0.25) is 4.98 Å². The van der Waals surface area contributed by atoms with Crippen LogP contribution in [0, 0.1) is 6.92 Å². The summed E-state index contributed by atoms with van der Waals surface area (Å²) in [6.07, 6.45) is 0. The first-order valence-electron chi connectivity index (χ1n) is 6.31. The molecule has 22 heavy (non-hydrogen) atoms. The van der Waals surface area contributed by atoms with Crippen LogP contribution >= 0.6 is 12.4 Å². The zero-order valence-corrected chi connectivity index (χ0v) is 12.4. The number of aromatic nitrogens is 1. The highest BCUT2D eigenvalue weighted by Crippen LogP contribution is 2.35. The Labute approximate surface area is 132 Å². The highest BCUT2D eigenvalue weighted by molar-refractivity contribution is 5.90. The molecule has 114 valence electrons. The number of pyridine rings is 1. The van der Waals surface area contributed by atoms with Crippen molar-refractivity contribution in [2.75, 3.05) is 0 Å². The van der Waals surface area contributed by atoms with E-state index in [1.165, 1.54) is 24.3 Å².